The molecule has 0 aliphatic rings. The van der Waals surface area contributed by atoms with Crippen LogP contribution in [-0.2, 0) is 12.8 Å². The number of hydrogen-bond donors (Lipinski definition) is 0. The summed E-state index contributed by atoms with van der Waals surface area (Å²) in [6.45, 7) is 13.2. The first kappa shape index (κ1) is 32.2. The predicted octanol–water partition coefficient (Wildman–Crippen LogP) is 11.0. The normalized spacial score (nSPS) is 11.5. The van der Waals surface area contributed by atoms with Gasteiger partial charge in [-0.3, -0.25) is 4.57 Å². The van der Waals surface area contributed by atoms with Crippen LogP contribution in [0.15, 0.2) is 91.1 Å². The highest BCUT2D eigenvalue weighted by molar-refractivity contribution is 6.09. The smallest absolute Gasteiger partial charge is 0.141 e. The summed E-state index contributed by atoms with van der Waals surface area (Å²) in [5.74, 6) is 3.08. The second kappa shape index (κ2) is 13.3. The number of methoxy groups -OCH3 is 1. The Bertz CT molecular complexity index is 2300. The van der Waals surface area contributed by atoms with E-state index >= 15 is 0 Å². The standard InChI is InChI=1S/C43H44N4O2/c1-8-12-37-43(42-29(5)20-27(3)21-30(42)6)39(13-9-2)47(45-37)31-22-28(4)23-34(24-31)49-33-16-17-36-35-14-10-11-15-38(35)46(40(36)25-33)41-26-32(48-7)18-19-44-41/h10-11,14-26H,8-9,12-13H2,1-7H3. The number of pyridine rings is 1. The molecule has 0 N–H and O–H groups in total. The van der Waals surface area contributed by atoms with Crippen molar-refractivity contribution < 1.29 is 9.47 Å². The van der Waals surface area contributed by atoms with Gasteiger partial charge in [-0.05, 0) is 99.2 Å². The number of para-hydroxylation sites is 1. The van der Waals surface area contributed by atoms with Crippen molar-refractivity contribution in [1.29, 1.82) is 0 Å². The molecule has 0 bridgehead atoms. The lowest BCUT2D eigenvalue weighted by Crippen LogP contribution is -2.04. The minimum atomic E-state index is 0.753. The number of ether oxygens (including phenoxy) is 2. The van der Waals surface area contributed by atoms with Crippen molar-refractivity contribution in [3.8, 4) is 39.9 Å². The van der Waals surface area contributed by atoms with Crippen molar-refractivity contribution in [2.24, 2.45) is 0 Å². The maximum absolute atomic E-state index is 6.68. The quantitative estimate of drug-likeness (QED) is 0.148. The van der Waals surface area contributed by atoms with Crippen molar-refractivity contribution in [3.63, 3.8) is 0 Å². The van der Waals surface area contributed by atoms with Gasteiger partial charge in [0.15, 0.2) is 0 Å². The molecular weight excluding hydrogens is 604 g/mol. The molecule has 3 heterocycles. The molecule has 49 heavy (non-hydrogen) atoms. The molecule has 3 aromatic heterocycles. The minimum absolute atomic E-state index is 0.753. The van der Waals surface area contributed by atoms with Crippen LogP contribution in [0.2, 0.25) is 0 Å². The Balaban J connectivity index is 1.34. The molecule has 0 aliphatic carbocycles. The SMILES string of the molecule is CCCc1nn(-c2cc(C)cc(Oc3ccc4c5ccccc5n(-c5cc(OC)ccn5)c4c3)c2)c(CCC)c1-c1c(C)cc(C)cc1C. The van der Waals surface area contributed by atoms with E-state index in [-0.39, 0.29) is 0 Å². The molecule has 6 heteroatoms. The third-order valence-electron chi connectivity index (χ3n) is 9.30. The Hall–Kier alpha value is -5.36. The van der Waals surface area contributed by atoms with Crippen LogP contribution < -0.4 is 9.47 Å². The number of aromatic nitrogens is 4. The van der Waals surface area contributed by atoms with E-state index in [1.54, 1.807) is 13.3 Å². The number of hydrogen-bond acceptors (Lipinski definition) is 4. The lowest BCUT2D eigenvalue weighted by atomic mass is 9.90. The van der Waals surface area contributed by atoms with Gasteiger partial charge in [-0.25, -0.2) is 9.67 Å². The Morgan fingerprint density at radius 2 is 1.39 bits per heavy atom. The predicted molar refractivity (Wildman–Crippen MR) is 201 cm³/mol. The van der Waals surface area contributed by atoms with Gasteiger partial charge in [0.05, 0.1) is 35.2 Å². The van der Waals surface area contributed by atoms with Crippen molar-refractivity contribution in [2.75, 3.05) is 7.11 Å². The molecule has 0 spiro atoms. The average Bonchev–Trinajstić information content (AvgIpc) is 3.59. The van der Waals surface area contributed by atoms with Gasteiger partial charge in [-0.15, -0.1) is 0 Å². The Kier molecular flexibility index (Phi) is 8.72. The first-order valence-corrected chi connectivity index (χ1v) is 17.3. The Morgan fingerprint density at radius 1 is 0.653 bits per heavy atom. The molecule has 0 unspecified atom stereocenters. The van der Waals surface area contributed by atoms with Crippen LogP contribution in [0.1, 0.15) is 60.3 Å². The summed E-state index contributed by atoms with van der Waals surface area (Å²) in [6.07, 6.45) is 5.70. The number of rotatable bonds is 10. The molecule has 0 atom stereocenters. The van der Waals surface area contributed by atoms with Crippen molar-refractivity contribution in [3.05, 3.63) is 125 Å². The van der Waals surface area contributed by atoms with E-state index in [2.05, 4.69) is 124 Å². The van der Waals surface area contributed by atoms with E-state index in [4.69, 9.17) is 19.6 Å². The molecule has 0 saturated carbocycles. The average molecular weight is 649 g/mol. The molecule has 7 rings (SSSR count). The highest BCUT2D eigenvalue weighted by atomic mass is 16.5. The van der Waals surface area contributed by atoms with Gasteiger partial charge < -0.3 is 9.47 Å². The monoisotopic (exact) mass is 648 g/mol. The fourth-order valence-electron chi connectivity index (χ4n) is 7.41. The van der Waals surface area contributed by atoms with Gasteiger partial charge in [0.1, 0.15) is 23.1 Å². The van der Waals surface area contributed by atoms with Gasteiger partial charge in [0.25, 0.3) is 0 Å². The van der Waals surface area contributed by atoms with E-state index in [0.717, 1.165) is 87.5 Å². The summed E-state index contributed by atoms with van der Waals surface area (Å²) >= 11 is 0. The zero-order valence-corrected chi connectivity index (χ0v) is 29.6. The molecule has 6 nitrogen and oxygen atoms in total. The number of nitrogens with zero attached hydrogens (tertiary/aromatic N) is 4. The summed E-state index contributed by atoms with van der Waals surface area (Å²) in [7, 11) is 1.68. The first-order chi connectivity index (χ1) is 23.8. The van der Waals surface area contributed by atoms with E-state index in [0.29, 0.717) is 0 Å². The molecule has 4 aromatic carbocycles. The van der Waals surface area contributed by atoms with E-state index < -0.39 is 0 Å². The molecule has 0 radical (unpaired) electrons. The maximum Gasteiger partial charge on any atom is 0.141 e. The molecule has 248 valence electrons. The van der Waals surface area contributed by atoms with Gasteiger partial charge in [-0.1, -0.05) is 62.6 Å². The summed E-state index contributed by atoms with van der Waals surface area (Å²) in [5.41, 5.74) is 13.2. The lowest BCUT2D eigenvalue weighted by molar-refractivity contribution is 0.414. The Morgan fingerprint density at radius 3 is 2.14 bits per heavy atom. The second-order valence-corrected chi connectivity index (χ2v) is 13.1. The lowest BCUT2D eigenvalue weighted by Gasteiger charge is -2.16. The number of fused-ring (bicyclic) bond motifs is 3. The van der Waals surface area contributed by atoms with Crippen LogP contribution in [0.25, 0.3) is 44.4 Å². The zero-order valence-electron chi connectivity index (χ0n) is 29.6. The molecule has 0 fully saturated rings. The molecular formula is C43H44N4O2. The topological polar surface area (TPSA) is 54.1 Å². The van der Waals surface area contributed by atoms with E-state index in [1.165, 1.54) is 33.5 Å². The van der Waals surface area contributed by atoms with Crippen LogP contribution in [0.3, 0.4) is 0 Å². The van der Waals surface area contributed by atoms with Gasteiger partial charge >= 0.3 is 0 Å². The van der Waals surface area contributed by atoms with Crippen LogP contribution >= 0.6 is 0 Å². The van der Waals surface area contributed by atoms with Crippen LogP contribution in [-0.4, -0.2) is 26.4 Å². The molecule has 0 amide bonds. The summed E-state index contributed by atoms with van der Waals surface area (Å²) < 4.78 is 16.6. The number of benzene rings is 4. The fraction of sp³-hybridized carbons (Fsp3) is 0.256. The summed E-state index contributed by atoms with van der Waals surface area (Å²) in [6, 6.07) is 29.6. The summed E-state index contributed by atoms with van der Waals surface area (Å²) in [5, 5.41) is 7.62. The Labute approximate surface area is 289 Å². The molecule has 0 aliphatic heterocycles. The number of aryl methyl sites for hydroxylation is 5. The van der Waals surface area contributed by atoms with Gasteiger partial charge in [-0.2, -0.15) is 5.10 Å². The maximum atomic E-state index is 6.68. The van der Waals surface area contributed by atoms with Crippen LogP contribution in [0.4, 0.5) is 0 Å². The zero-order chi connectivity index (χ0) is 34.2. The highest BCUT2D eigenvalue weighted by Crippen LogP contribution is 2.39. The van der Waals surface area contributed by atoms with Crippen molar-refractivity contribution in [2.45, 2.75) is 67.2 Å². The first-order valence-electron chi connectivity index (χ1n) is 17.3. The highest BCUT2D eigenvalue weighted by Gasteiger charge is 2.23. The van der Waals surface area contributed by atoms with Gasteiger partial charge in [0.2, 0.25) is 0 Å². The second-order valence-electron chi connectivity index (χ2n) is 13.1. The van der Waals surface area contributed by atoms with E-state index in [1.807, 2.05) is 12.1 Å². The summed E-state index contributed by atoms with van der Waals surface area (Å²) in [4.78, 5) is 4.72. The third-order valence-corrected chi connectivity index (χ3v) is 9.30. The molecule has 0 saturated heterocycles. The largest absolute Gasteiger partial charge is 0.497 e. The third kappa shape index (κ3) is 5.97. The van der Waals surface area contributed by atoms with Crippen LogP contribution in [0, 0.1) is 27.7 Å². The van der Waals surface area contributed by atoms with Crippen molar-refractivity contribution >= 4 is 21.8 Å². The van der Waals surface area contributed by atoms with Crippen molar-refractivity contribution in [1.82, 2.24) is 19.3 Å². The van der Waals surface area contributed by atoms with Crippen LogP contribution in [0.5, 0.6) is 17.2 Å². The van der Waals surface area contributed by atoms with E-state index in [9.17, 15) is 0 Å². The molecule has 7 aromatic rings. The van der Waals surface area contributed by atoms with Gasteiger partial charge in [0, 0.05) is 40.7 Å². The fourth-order valence-corrected chi connectivity index (χ4v) is 7.41. The minimum Gasteiger partial charge on any atom is -0.497 e.